The molecule has 1 unspecified atom stereocenters. The highest BCUT2D eigenvalue weighted by molar-refractivity contribution is 5.39. The van der Waals surface area contributed by atoms with Crippen LogP contribution < -0.4 is 10.1 Å². The summed E-state index contributed by atoms with van der Waals surface area (Å²) >= 11 is 0. The zero-order valence-electron chi connectivity index (χ0n) is 11.4. The molecule has 0 radical (unpaired) electrons. The molecule has 3 nitrogen and oxygen atoms in total. The van der Waals surface area contributed by atoms with Crippen LogP contribution in [0.25, 0.3) is 0 Å². The van der Waals surface area contributed by atoms with Crippen molar-refractivity contribution in [1.29, 1.82) is 0 Å². The quantitative estimate of drug-likeness (QED) is 0.785. The van der Waals surface area contributed by atoms with Gasteiger partial charge in [-0.05, 0) is 48.4 Å². The Morgan fingerprint density at radius 2 is 2.22 bits per heavy atom. The van der Waals surface area contributed by atoms with E-state index in [1.807, 2.05) is 0 Å². The summed E-state index contributed by atoms with van der Waals surface area (Å²) in [5, 5.41) is 3.47. The van der Waals surface area contributed by atoms with Gasteiger partial charge in [0, 0.05) is 20.2 Å². The smallest absolute Gasteiger partial charge is 0.119 e. The number of fused-ring (bicyclic) bond motifs is 1. The van der Waals surface area contributed by atoms with E-state index in [-0.39, 0.29) is 0 Å². The van der Waals surface area contributed by atoms with Crippen LogP contribution in [-0.4, -0.2) is 33.9 Å². The van der Waals surface area contributed by atoms with Crippen LogP contribution in [0, 0.1) is 0 Å². The fourth-order valence-electron chi connectivity index (χ4n) is 2.66. The lowest BCUT2D eigenvalue weighted by Crippen LogP contribution is -2.27. The van der Waals surface area contributed by atoms with Gasteiger partial charge in [-0.2, -0.15) is 0 Å². The Morgan fingerprint density at radius 1 is 1.33 bits per heavy atom. The lowest BCUT2D eigenvalue weighted by molar-refractivity contribution is 0.198. The van der Waals surface area contributed by atoms with E-state index in [0.29, 0.717) is 5.92 Å². The second-order valence-corrected chi connectivity index (χ2v) is 4.85. The van der Waals surface area contributed by atoms with Gasteiger partial charge in [0.25, 0.3) is 0 Å². The molecule has 0 spiro atoms. The molecular formula is C15H23NO2. The molecule has 1 aliphatic carbocycles. The van der Waals surface area contributed by atoms with Crippen molar-refractivity contribution in [3.8, 4) is 5.75 Å². The van der Waals surface area contributed by atoms with Crippen LogP contribution in [0.2, 0.25) is 0 Å². The minimum absolute atomic E-state index is 0.612. The summed E-state index contributed by atoms with van der Waals surface area (Å²) in [7, 11) is 3.47. The second-order valence-electron chi connectivity index (χ2n) is 4.85. The van der Waals surface area contributed by atoms with E-state index in [9.17, 15) is 0 Å². The minimum atomic E-state index is 0.612. The molecule has 1 N–H and O–H groups in total. The molecule has 0 heterocycles. The Balaban J connectivity index is 2.01. The Bertz CT molecular complexity index is 379. The fourth-order valence-corrected chi connectivity index (χ4v) is 2.66. The molecule has 0 saturated carbocycles. The van der Waals surface area contributed by atoms with Crippen molar-refractivity contribution in [2.75, 3.05) is 33.9 Å². The predicted molar refractivity (Wildman–Crippen MR) is 73.4 cm³/mol. The van der Waals surface area contributed by atoms with Gasteiger partial charge in [-0.25, -0.2) is 0 Å². The summed E-state index contributed by atoms with van der Waals surface area (Å²) in [4.78, 5) is 0. The van der Waals surface area contributed by atoms with Crippen LogP contribution in [0.3, 0.4) is 0 Å². The summed E-state index contributed by atoms with van der Waals surface area (Å²) in [6, 6.07) is 6.49. The van der Waals surface area contributed by atoms with Gasteiger partial charge in [0.1, 0.15) is 5.75 Å². The summed E-state index contributed by atoms with van der Waals surface area (Å²) in [5.41, 5.74) is 2.95. The maximum Gasteiger partial charge on any atom is 0.119 e. The van der Waals surface area contributed by atoms with Crippen LogP contribution >= 0.6 is 0 Å². The summed E-state index contributed by atoms with van der Waals surface area (Å²) < 4.78 is 10.4. The molecule has 1 aromatic rings. The van der Waals surface area contributed by atoms with Crippen molar-refractivity contribution in [2.24, 2.45) is 0 Å². The molecule has 1 aromatic carbocycles. The first-order chi connectivity index (χ1) is 8.85. The van der Waals surface area contributed by atoms with E-state index >= 15 is 0 Å². The van der Waals surface area contributed by atoms with Gasteiger partial charge in [0.15, 0.2) is 0 Å². The topological polar surface area (TPSA) is 30.5 Å². The average Bonchev–Trinajstić information content (AvgIpc) is 2.43. The van der Waals surface area contributed by atoms with Gasteiger partial charge in [-0.3, -0.25) is 0 Å². The fraction of sp³-hybridized carbons (Fsp3) is 0.600. The molecule has 1 atom stereocenters. The Kier molecular flexibility index (Phi) is 5.02. The summed E-state index contributed by atoms with van der Waals surface area (Å²) in [6.45, 7) is 2.73. The van der Waals surface area contributed by atoms with E-state index in [1.165, 1.54) is 30.4 Å². The van der Waals surface area contributed by atoms with Crippen LogP contribution in [0.4, 0.5) is 0 Å². The third-order valence-electron chi connectivity index (χ3n) is 3.67. The van der Waals surface area contributed by atoms with E-state index in [0.717, 1.165) is 25.4 Å². The molecule has 1 aliphatic rings. The Hall–Kier alpha value is -1.06. The Labute approximate surface area is 109 Å². The molecule has 18 heavy (non-hydrogen) atoms. The van der Waals surface area contributed by atoms with Crippen molar-refractivity contribution in [3.05, 3.63) is 29.3 Å². The molecule has 3 heteroatoms. The number of rotatable bonds is 6. The maximum absolute atomic E-state index is 5.33. The average molecular weight is 249 g/mol. The summed E-state index contributed by atoms with van der Waals surface area (Å²) in [6.07, 6.45) is 3.75. The third-order valence-corrected chi connectivity index (χ3v) is 3.67. The predicted octanol–water partition coefficient (Wildman–Crippen LogP) is 2.35. The van der Waals surface area contributed by atoms with Gasteiger partial charge in [0.05, 0.1) is 13.7 Å². The Morgan fingerprint density at radius 3 is 3.00 bits per heavy atom. The van der Waals surface area contributed by atoms with Crippen molar-refractivity contribution in [1.82, 2.24) is 5.32 Å². The first-order valence-electron chi connectivity index (χ1n) is 6.71. The van der Waals surface area contributed by atoms with Crippen molar-refractivity contribution in [2.45, 2.75) is 25.2 Å². The number of hydrogen-bond acceptors (Lipinski definition) is 3. The molecule has 100 valence electrons. The molecule has 0 amide bonds. The number of nitrogens with one attached hydrogen (secondary N) is 1. The number of hydrogen-bond donors (Lipinski definition) is 1. The molecule has 0 saturated heterocycles. The van der Waals surface area contributed by atoms with Crippen LogP contribution in [0.1, 0.15) is 29.9 Å². The van der Waals surface area contributed by atoms with Gasteiger partial charge < -0.3 is 14.8 Å². The maximum atomic E-state index is 5.33. The van der Waals surface area contributed by atoms with E-state index in [2.05, 4.69) is 23.5 Å². The lowest BCUT2D eigenvalue weighted by Gasteiger charge is -2.26. The molecule has 0 fully saturated rings. The highest BCUT2D eigenvalue weighted by Crippen LogP contribution is 2.33. The van der Waals surface area contributed by atoms with Crippen LogP contribution in [0.5, 0.6) is 5.75 Å². The van der Waals surface area contributed by atoms with Crippen molar-refractivity contribution >= 4 is 0 Å². The molecule has 0 bridgehead atoms. The highest BCUT2D eigenvalue weighted by Gasteiger charge is 2.20. The zero-order valence-corrected chi connectivity index (χ0v) is 11.4. The third kappa shape index (κ3) is 3.24. The zero-order chi connectivity index (χ0) is 12.8. The summed E-state index contributed by atoms with van der Waals surface area (Å²) in [5.74, 6) is 1.58. The molecule has 0 aromatic heterocycles. The van der Waals surface area contributed by atoms with Crippen LogP contribution in [0.15, 0.2) is 18.2 Å². The van der Waals surface area contributed by atoms with E-state index < -0.39 is 0 Å². The highest BCUT2D eigenvalue weighted by atomic mass is 16.5. The minimum Gasteiger partial charge on any atom is -0.497 e. The monoisotopic (exact) mass is 249 g/mol. The van der Waals surface area contributed by atoms with Gasteiger partial charge in [-0.1, -0.05) is 6.07 Å². The van der Waals surface area contributed by atoms with Crippen molar-refractivity contribution in [3.63, 3.8) is 0 Å². The van der Waals surface area contributed by atoms with Gasteiger partial charge in [0.2, 0.25) is 0 Å². The van der Waals surface area contributed by atoms with Crippen LogP contribution in [-0.2, 0) is 11.2 Å². The number of ether oxygens (including phenoxy) is 2. The second kappa shape index (κ2) is 6.76. The first kappa shape index (κ1) is 13.4. The normalized spacial score (nSPS) is 18.4. The molecular weight excluding hydrogens is 226 g/mol. The number of methoxy groups -OCH3 is 2. The van der Waals surface area contributed by atoms with Crippen molar-refractivity contribution < 1.29 is 9.47 Å². The SMILES string of the molecule is COCCNCC1CCCc2ccc(OC)cc21. The first-order valence-corrected chi connectivity index (χ1v) is 6.71. The lowest BCUT2D eigenvalue weighted by atomic mass is 9.82. The molecule has 2 rings (SSSR count). The number of benzene rings is 1. The van der Waals surface area contributed by atoms with Gasteiger partial charge in [-0.15, -0.1) is 0 Å². The van der Waals surface area contributed by atoms with E-state index in [4.69, 9.17) is 9.47 Å². The van der Waals surface area contributed by atoms with E-state index in [1.54, 1.807) is 14.2 Å². The standard InChI is InChI=1S/C15H23NO2/c1-17-9-8-16-11-13-5-3-4-12-6-7-14(18-2)10-15(12)13/h6-7,10,13,16H,3-5,8-9,11H2,1-2H3. The van der Waals surface area contributed by atoms with Gasteiger partial charge >= 0.3 is 0 Å². The molecule has 0 aliphatic heterocycles. The number of aryl methyl sites for hydroxylation is 1. The largest absolute Gasteiger partial charge is 0.497 e.